The minimum Gasteiger partial charge on any atom is -0.271 e. The molecule has 0 amide bonds. The van der Waals surface area contributed by atoms with E-state index in [0.29, 0.717) is 12.0 Å². The lowest BCUT2D eigenvalue weighted by atomic mass is 9.98. The molecular formula is C15H17F2N3. The van der Waals surface area contributed by atoms with Crippen molar-refractivity contribution in [1.29, 1.82) is 0 Å². The molecular weight excluding hydrogens is 260 g/mol. The predicted molar refractivity (Wildman–Crippen MR) is 73.7 cm³/mol. The lowest BCUT2D eigenvalue weighted by Crippen LogP contribution is -2.31. The van der Waals surface area contributed by atoms with Gasteiger partial charge in [-0.05, 0) is 36.1 Å². The second-order valence-electron chi connectivity index (χ2n) is 4.56. The molecule has 0 saturated heterocycles. The van der Waals surface area contributed by atoms with Crippen LogP contribution < -0.4 is 11.3 Å². The van der Waals surface area contributed by atoms with Crippen molar-refractivity contribution >= 4 is 0 Å². The largest absolute Gasteiger partial charge is 0.271 e. The van der Waals surface area contributed by atoms with Crippen LogP contribution in [-0.4, -0.2) is 4.98 Å². The number of halogens is 2. The Morgan fingerprint density at radius 2 is 2.05 bits per heavy atom. The van der Waals surface area contributed by atoms with E-state index >= 15 is 0 Å². The van der Waals surface area contributed by atoms with Crippen LogP contribution in [0.2, 0.25) is 0 Å². The van der Waals surface area contributed by atoms with Crippen LogP contribution in [0, 0.1) is 11.6 Å². The zero-order valence-corrected chi connectivity index (χ0v) is 11.2. The van der Waals surface area contributed by atoms with Crippen LogP contribution >= 0.6 is 0 Å². The summed E-state index contributed by atoms with van der Waals surface area (Å²) in [5.41, 5.74) is 4.91. The number of aromatic nitrogens is 1. The molecule has 0 spiro atoms. The molecule has 0 aliphatic rings. The number of aryl methyl sites for hydroxylation is 1. The van der Waals surface area contributed by atoms with Crippen LogP contribution in [-0.2, 0) is 12.8 Å². The molecule has 1 heterocycles. The number of nitrogens with zero attached hydrogens (tertiary/aromatic N) is 1. The van der Waals surface area contributed by atoms with E-state index in [0.717, 1.165) is 23.7 Å². The van der Waals surface area contributed by atoms with E-state index in [-0.39, 0.29) is 6.04 Å². The molecule has 0 radical (unpaired) electrons. The zero-order valence-electron chi connectivity index (χ0n) is 11.2. The van der Waals surface area contributed by atoms with E-state index < -0.39 is 11.6 Å². The van der Waals surface area contributed by atoms with Gasteiger partial charge in [0.1, 0.15) is 11.6 Å². The first kappa shape index (κ1) is 14.6. The predicted octanol–water partition coefficient (Wildman–Crippen LogP) is 2.67. The zero-order chi connectivity index (χ0) is 14.5. The number of nitrogens with two attached hydrogens (primary N) is 1. The Morgan fingerprint density at radius 3 is 2.70 bits per heavy atom. The summed E-state index contributed by atoms with van der Waals surface area (Å²) >= 11 is 0. The second-order valence-corrected chi connectivity index (χ2v) is 4.56. The highest BCUT2D eigenvalue weighted by molar-refractivity contribution is 5.26. The fourth-order valence-electron chi connectivity index (χ4n) is 2.21. The molecule has 1 aromatic carbocycles. The first-order valence-corrected chi connectivity index (χ1v) is 6.49. The number of hydrogen-bond donors (Lipinski definition) is 2. The number of benzene rings is 1. The van der Waals surface area contributed by atoms with E-state index in [4.69, 9.17) is 5.84 Å². The molecule has 1 aromatic heterocycles. The van der Waals surface area contributed by atoms with Gasteiger partial charge in [0.25, 0.3) is 0 Å². The Hall–Kier alpha value is -1.85. The Balaban J connectivity index is 2.29. The van der Waals surface area contributed by atoms with Gasteiger partial charge in [0.15, 0.2) is 0 Å². The standard InChI is InChI=1S/C15H17F2N3/c1-2-10-4-3-7-19-15(10)14(20-18)8-11-5-6-12(16)9-13(11)17/h3-7,9,14,20H,2,8,18H2,1H3. The average Bonchev–Trinajstić information content (AvgIpc) is 2.46. The summed E-state index contributed by atoms with van der Waals surface area (Å²) in [6.45, 7) is 2.02. The topological polar surface area (TPSA) is 50.9 Å². The van der Waals surface area contributed by atoms with Gasteiger partial charge in [-0.25, -0.2) is 8.78 Å². The van der Waals surface area contributed by atoms with Crippen LogP contribution in [0.3, 0.4) is 0 Å². The number of rotatable bonds is 5. The fraction of sp³-hybridized carbons (Fsp3) is 0.267. The van der Waals surface area contributed by atoms with Crippen LogP contribution in [0.25, 0.3) is 0 Å². The lowest BCUT2D eigenvalue weighted by molar-refractivity contribution is 0.510. The summed E-state index contributed by atoms with van der Waals surface area (Å²) in [6, 6.07) is 7.06. The van der Waals surface area contributed by atoms with E-state index in [1.807, 2.05) is 19.1 Å². The van der Waals surface area contributed by atoms with Gasteiger partial charge < -0.3 is 0 Å². The molecule has 3 N–H and O–H groups in total. The third-order valence-electron chi connectivity index (χ3n) is 3.28. The maximum Gasteiger partial charge on any atom is 0.129 e. The highest BCUT2D eigenvalue weighted by Gasteiger charge is 2.17. The van der Waals surface area contributed by atoms with Crippen molar-refractivity contribution in [2.45, 2.75) is 25.8 Å². The first-order valence-electron chi connectivity index (χ1n) is 6.49. The molecule has 3 nitrogen and oxygen atoms in total. The van der Waals surface area contributed by atoms with Gasteiger partial charge in [0.2, 0.25) is 0 Å². The lowest BCUT2D eigenvalue weighted by Gasteiger charge is -2.18. The number of pyridine rings is 1. The van der Waals surface area contributed by atoms with E-state index in [2.05, 4.69) is 10.4 Å². The van der Waals surface area contributed by atoms with Crippen molar-refractivity contribution in [1.82, 2.24) is 10.4 Å². The van der Waals surface area contributed by atoms with Crippen molar-refractivity contribution in [2.75, 3.05) is 0 Å². The van der Waals surface area contributed by atoms with Crippen molar-refractivity contribution in [2.24, 2.45) is 5.84 Å². The van der Waals surface area contributed by atoms with E-state index in [1.54, 1.807) is 6.20 Å². The van der Waals surface area contributed by atoms with E-state index in [1.165, 1.54) is 12.1 Å². The van der Waals surface area contributed by atoms with Gasteiger partial charge in [-0.1, -0.05) is 19.1 Å². The maximum atomic E-state index is 13.7. The number of nitrogens with one attached hydrogen (secondary N) is 1. The van der Waals surface area contributed by atoms with Crippen LogP contribution in [0.5, 0.6) is 0 Å². The third kappa shape index (κ3) is 3.18. The van der Waals surface area contributed by atoms with Gasteiger partial charge >= 0.3 is 0 Å². The second kappa shape index (κ2) is 6.54. The molecule has 0 aliphatic carbocycles. The monoisotopic (exact) mass is 277 g/mol. The Labute approximate surface area is 116 Å². The quantitative estimate of drug-likeness (QED) is 0.652. The molecule has 0 aliphatic heterocycles. The molecule has 1 unspecified atom stereocenters. The van der Waals surface area contributed by atoms with Crippen molar-refractivity contribution in [3.8, 4) is 0 Å². The highest BCUT2D eigenvalue weighted by Crippen LogP contribution is 2.21. The summed E-state index contributed by atoms with van der Waals surface area (Å²) in [6.07, 6.45) is 2.81. The first-order chi connectivity index (χ1) is 9.65. The van der Waals surface area contributed by atoms with Gasteiger partial charge in [-0.2, -0.15) is 0 Å². The molecule has 20 heavy (non-hydrogen) atoms. The van der Waals surface area contributed by atoms with Crippen LogP contribution in [0.4, 0.5) is 8.78 Å². The minimum absolute atomic E-state index is 0.312. The van der Waals surface area contributed by atoms with Gasteiger partial charge in [0.05, 0.1) is 11.7 Å². The summed E-state index contributed by atoms with van der Waals surface area (Å²) in [5, 5.41) is 0. The van der Waals surface area contributed by atoms with Crippen molar-refractivity contribution < 1.29 is 8.78 Å². The van der Waals surface area contributed by atoms with E-state index in [9.17, 15) is 8.78 Å². The Morgan fingerprint density at radius 1 is 1.25 bits per heavy atom. The van der Waals surface area contributed by atoms with Crippen LogP contribution in [0.15, 0.2) is 36.5 Å². The SMILES string of the molecule is CCc1cccnc1C(Cc1ccc(F)cc1F)NN. The smallest absolute Gasteiger partial charge is 0.129 e. The molecule has 5 heteroatoms. The fourth-order valence-corrected chi connectivity index (χ4v) is 2.21. The maximum absolute atomic E-state index is 13.7. The highest BCUT2D eigenvalue weighted by atomic mass is 19.1. The number of hydrazine groups is 1. The van der Waals surface area contributed by atoms with Crippen LogP contribution in [0.1, 0.15) is 29.8 Å². The summed E-state index contributed by atoms with van der Waals surface area (Å²) in [4.78, 5) is 4.33. The molecule has 106 valence electrons. The van der Waals surface area contributed by atoms with Gasteiger partial charge in [0, 0.05) is 12.3 Å². The van der Waals surface area contributed by atoms with Gasteiger partial charge in [-0.15, -0.1) is 0 Å². The third-order valence-corrected chi connectivity index (χ3v) is 3.28. The molecule has 0 bridgehead atoms. The van der Waals surface area contributed by atoms with Crippen molar-refractivity contribution in [3.63, 3.8) is 0 Å². The molecule has 0 fully saturated rings. The Bertz CT molecular complexity index is 587. The summed E-state index contributed by atoms with van der Waals surface area (Å²) < 4.78 is 26.6. The van der Waals surface area contributed by atoms with Crippen molar-refractivity contribution in [3.05, 3.63) is 65.0 Å². The number of hydrogen-bond acceptors (Lipinski definition) is 3. The molecule has 2 rings (SSSR count). The summed E-state index contributed by atoms with van der Waals surface area (Å²) in [7, 11) is 0. The molecule has 1 atom stereocenters. The normalized spacial score (nSPS) is 12.4. The molecule has 0 saturated carbocycles. The molecule has 2 aromatic rings. The minimum atomic E-state index is -0.587. The average molecular weight is 277 g/mol. The summed E-state index contributed by atoms with van der Waals surface area (Å²) in [5.74, 6) is 4.41. The Kier molecular flexibility index (Phi) is 4.76. The van der Waals surface area contributed by atoms with Gasteiger partial charge in [-0.3, -0.25) is 16.3 Å².